The van der Waals surface area contributed by atoms with Gasteiger partial charge in [0, 0.05) is 24.1 Å². The first kappa shape index (κ1) is 13.4. The molecule has 0 radical (unpaired) electrons. The van der Waals surface area contributed by atoms with Crippen molar-refractivity contribution in [3.8, 4) is 0 Å². The lowest BCUT2D eigenvalue weighted by Gasteiger charge is -2.10. The maximum absolute atomic E-state index is 11.1. The third kappa shape index (κ3) is 2.85. The molecule has 0 saturated carbocycles. The predicted octanol–water partition coefficient (Wildman–Crippen LogP) is 2.66. The highest BCUT2D eigenvalue weighted by Crippen LogP contribution is 2.23. The SMILES string of the molecule is Cn1cc(C(=O)O)c2ccc(/C=C/C(C)(C)O)cc21. The Hall–Kier alpha value is -2.07. The van der Waals surface area contributed by atoms with Gasteiger partial charge < -0.3 is 14.8 Å². The minimum atomic E-state index is -0.926. The number of hydrogen-bond donors (Lipinski definition) is 2. The number of nitrogens with zero attached hydrogens (tertiary/aromatic N) is 1. The Labute approximate surface area is 111 Å². The minimum absolute atomic E-state index is 0.301. The van der Waals surface area contributed by atoms with Crippen LogP contribution in [0.1, 0.15) is 29.8 Å². The molecule has 100 valence electrons. The van der Waals surface area contributed by atoms with Gasteiger partial charge in [-0.2, -0.15) is 0 Å². The maximum atomic E-state index is 11.1. The van der Waals surface area contributed by atoms with E-state index in [4.69, 9.17) is 5.11 Å². The standard InChI is InChI=1S/C15H17NO3/c1-15(2,19)7-6-10-4-5-11-12(14(17)18)9-16(3)13(11)8-10/h4-9,19H,1-3H3,(H,17,18)/b7-6+. The van der Waals surface area contributed by atoms with Gasteiger partial charge in [-0.1, -0.05) is 24.3 Å². The van der Waals surface area contributed by atoms with E-state index in [1.165, 1.54) is 0 Å². The number of benzene rings is 1. The van der Waals surface area contributed by atoms with Crippen LogP contribution >= 0.6 is 0 Å². The molecule has 0 amide bonds. The second-order valence-electron chi connectivity index (χ2n) is 5.22. The van der Waals surface area contributed by atoms with E-state index in [1.807, 2.05) is 25.3 Å². The van der Waals surface area contributed by atoms with Crippen LogP contribution in [0, 0.1) is 0 Å². The van der Waals surface area contributed by atoms with Crippen molar-refractivity contribution in [3.63, 3.8) is 0 Å². The summed E-state index contributed by atoms with van der Waals surface area (Å²) in [5.41, 5.74) is 1.22. The number of fused-ring (bicyclic) bond motifs is 1. The number of aromatic carboxylic acids is 1. The van der Waals surface area contributed by atoms with Gasteiger partial charge in [0.25, 0.3) is 0 Å². The average molecular weight is 259 g/mol. The Balaban J connectivity index is 2.50. The van der Waals surface area contributed by atoms with Gasteiger partial charge in [-0.25, -0.2) is 4.79 Å². The van der Waals surface area contributed by atoms with Gasteiger partial charge in [0.2, 0.25) is 0 Å². The van der Waals surface area contributed by atoms with Gasteiger partial charge in [0.15, 0.2) is 0 Å². The van der Waals surface area contributed by atoms with Crippen molar-refractivity contribution in [1.82, 2.24) is 4.57 Å². The predicted molar refractivity (Wildman–Crippen MR) is 75.2 cm³/mol. The molecule has 2 aromatic rings. The van der Waals surface area contributed by atoms with Gasteiger partial charge in [-0.3, -0.25) is 0 Å². The molecule has 0 aliphatic carbocycles. The summed E-state index contributed by atoms with van der Waals surface area (Å²) in [6, 6.07) is 5.55. The molecule has 1 aromatic heterocycles. The number of aromatic nitrogens is 1. The minimum Gasteiger partial charge on any atom is -0.478 e. The lowest BCUT2D eigenvalue weighted by molar-refractivity contribution is 0.0698. The number of hydrogen-bond acceptors (Lipinski definition) is 2. The van der Waals surface area contributed by atoms with Crippen LogP contribution in [-0.2, 0) is 7.05 Å². The Morgan fingerprint density at radius 1 is 1.37 bits per heavy atom. The molecule has 19 heavy (non-hydrogen) atoms. The molecule has 0 fully saturated rings. The monoisotopic (exact) mass is 259 g/mol. The molecule has 1 aromatic carbocycles. The lowest BCUT2D eigenvalue weighted by atomic mass is 10.1. The number of carbonyl (C=O) groups is 1. The molecule has 2 rings (SSSR count). The molecule has 1 heterocycles. The second-order valence-corrected chi connectivity index (χ2v) is 5.22. The summed E-state index contributed by atoms with van der Waals surface area (Å²) < 4.78 is 1.79. The second kappa shape index (κ2) is 4.55. The molecule has 0 saturated heterocycles. The fraction of sp³-hybridized carbons (Fsp3) is 0.267. The third-order valence-corrected chi connectivity index (χ3v) is 2.93. The van der Waals surface area contributed by atoms with Gasteiger partial charge in [-0.15, -0.1) is 0 Å². The summed E-state index contributed by atoms with van der Waals surface area (Å²) in [6.45, 7) is 3.40. The van der Waals surface area contributed by atoms with Crippen LogP contribution in [0.3, 0.4) is 0 Å². The Kier molecular flexibility index (Phi) is 3.20. The van der Waals surface area contributed by atoms with E-state index in [9.17, 15) is 9.90 Å². The zero-order chi connectivity index (χ0) is 14.2. The lowest BCUT2D eigenvalue weighted by Crippen LogP contribution is -2.13. The van der Waals surface area contributed by atoms with E-state index in [-0.39, 0.29) is 0 Å². The molecule has 2 N–H and O–H groups in total. The number of carboxylic acids is 1. The van der Waals surface area contributed by atoms with Crippen molar-refractivity contribution in [3.05, 3.63) is 41.6 Å². The number of aliphatic hydroxyl groups is 1. The molecular formula is C15H17NO3. The summed E-state index contributed by atoms with van der Waals surface area (Å²) in [6.07, 6.45) is 5.14. The van der Waals surface area contributed by atoms with Crippen molar-refractivity contribution in [2.75, 3.05) is 0 Å². The zero-order valence-corrected chi connectivity index (χ0v) is 11.2. The number of aryl methyl sites for hydroxylation is 1. The van der Waals surface area contributed by atoms with Crippen LogP contribution in [0.15, 0.2) is 30.5 Å². The van der Waals surface area contributed by atoms with E-state index in [1.54, 1.807) is 36.8 Å². The Bertz CT molecular complexity index is 660. The average Bonchev–Trinajstić information content (AvgIpc) is 2.63. The first-order valence-electron chi connectivity index (χ1n) is 6.02. The van der Waals surface area contributed by atoms with Crippen LogP contribution in [0.25, 0.3) is 17.0 Å². The third-order valence-electron chi connectivity index (χ3n) is 2.93. The van der Waals surface area contributed by atoms with E-state index in [0.717, 1.165) is 16.5 Å². The van der Waals surface area contributed by atoms with Gasteiger partial charge in [-0.05, 0) is 25.5 Å². The molecular weight excluding hydrogens is 242 g/mol. The Morgan fingerprint density at radius 3 is 2.63 bits per heavy atom. The van der Waals surface area contributed by atoms with Crippen molar-refractivity contribution in [2.45, 2.75) is 19.4 Å². The number of rotatable bonds is 3. The largest absolute Gasteiger partial charge is 0.478 e. The molecule has 0 atom stereocenters. The van der Waals surface area contributed by atoms with E-state index in [2.05, 4.69) is 0 Å². The van der Waals surface area contributed by atoms with Crippen LogP contribution in [-0.4, -0.2) is 26.4 Å². The maximum Gasteiger partial charge on any atom is 0.337 e. The van der Waals surface area contributed by atoms with Crippen LogP contribution in [0.4, 0.5) is 0 Å². The van der Waals surface area contributed by atoms with Crippen LogP contribution < -0.4 is 0 Å². The summed E-state index contributed by atoms with van der Waals surface area (Å²) in [5, 5.41) is 19.5. The Morgan fingerprint density at radius 2 is 2.05 bits per heavy atom. The highest BCUT2D eigenvalue weighted by molar-refractivity contribution is 6.03. The fourth-order valence-corrected chi connectivity index (χ4v) is 1.98. The van der Waals surface area contributed by atoms with E-state index in [0.29, 0.717) is 5.56 Å². The molecule has 0 unspecified atom stereocenters. The van der Waals surface area contributed by atoms with Crippen molar-refractivity contribution < 1.29 is 15.0 Å². The van der Waals surface area contributed by atoms with Gasteiger partial charge >= 0.3 is 5.97 Å². The molecule has 4 nitrogen and oxygen atoms in total. The molecule has 0 spiro atoms. The first-order valence-corrected chi connectivity index (χ1v) is 6.02. The zero-order valence-electron chi connectivity index (χ0n) is 11.2. The summed E-state index contributed by atoms with van der Waals surface area (Å²) >= 11 is 0. The first-order chi connectivity index (χ1) is 8.78. The quantitative estimate of drug-likeness (QED) is 0.890. The van der Waals surface area contributed by atoms with Crippen LogP contribution in [0.5, 0.6) is 0 Å². The summed E-state index contributed by atoms with van der Waals surface area (Å²) in [4.78, 5) is 11.1. The van der Waals surface area contributed by atoms with Crippen molar-refractivity contribution >= 4 is 22.9 Å². The molecule has 0 aliphatic rings. The van der Waals surface area contributed by atoms with Crippen LogP contribution in [0.2, 0.25) is 0 Å². The highest BCUT2D eigenvalue weighted by atomic mass is 16.4. The van der Waals surface area contributed by atoms with Crippen molar-refractivity contribution in [2.24, 2.45) is 7.05 Å². The fourth-order valence-electron chi connectivity index (χ4n) is 1.98. The normalized spacial score (nSPS) is 12.4. The highest BCUT2D eigenvalue weighted by Gasteiger charge is 2.12. The number of carboxylic acid groups (broad SMARTS) is 1. The summed E-state index contributed by atoms with van der Waals surface area (Å²) in [7, 11) is 1.82. The van der Waals surface area contributed by atoms with E-state index < -0.39 is 11.6 Å². The van der Waals surface area contributed by atoms with Gasteiger partial charge in [0.05, 0.1) is 11.2 Å². The molecule has 4 heteroatoms. The van der Waals surface area contributed by atoms with E-state index >= 15 is 0 Å². The topological polar surface area (TPSA) is 62.5 Å². The molecule has 0 bridgehead atoms. The molecule has 0 aliphatic heterocycles. The summed E-state index contributed by atoms with van der Waals surface area (Å²) in [5.74, 6) is -0.926. The van der Waals surface area contributed by atoms with Crippen molar-refractivity contribution in [1.29, 1.82) is 0 Å². The smallest absolute Gasteiger partial charge is 0.337 e. The van der Waals surface area contributed by atoms with Gasteiger partial charge in [0.1, 0.15) is 0 Å².